The smallest absolute Gasteiger partial charge is 0.454 e. The largest absolute Gasteiger partial charge is 0.573 e. The molecule has 1 aliphatic rings. The van der Waals surface area contributed by atoms with Crippen LogP contribution in [-0.4, -0.2) is 32.2 Å². The SMILES string of the molecule is C[C@@H](C(=O)Nc1ccc(OC(F)(F)F)cc1)[NH+](C)Cc1ccc2c(c1)OCO2. The van der Waals surface area contributed by atoms with E-state index in [0.29, 0.717) is 23.7 Å². The average molecular weight is 397 g/mol. The van der Waals surface area contributed by atoms with Gasteiger partial charge in [-0.05, 0) is 49.4 Å². The van der Waals surface area contributed by atoms with Gasteiger partial charge in [0.15, 0.2) is 17.5 Å². The van der Waals surface area contributed by atoms with Crippen molar-refractivity contribution in [3.63, 3.8) is 0 Å². The Morgan fingerprint density at radius 1 is 1.18 bits per heavy atom. The summed E-state index contributed by atoms with van der Waals surface area (Å²) >= 11 is 0. The van der Waals surface area contributed by atoms with Crippen LogP contribution in [0.4, 0.5) is 18.9 Å². The van der Waals surface area contributed by atoms with E-state index in [1.54, 1.807) is 6.92 Å². The van der Waals surface area contributed by atoms with Gasteiger partial charge in [0.1, 0.15) is 12.3 Å². The number of benzene rings is 2. The molecule has 1 unspecified atom stereocenters. The van der Waals surface area contributed by atoms with Crippen LogP contribution in [0.5, 0.6) is 17.2 Å². The van der Waals surface area contributed by atoms with Gasteiger partial charge < -0.3 is 24.4 Å². The molecule has 0 bridgehead atoms. The van der Waals surface area contributed by atoms with Crippen molar-refractivity contribution >= 4 is 11.6 Å². The van der Waals surface area contributed by atoms with Crippen LogP contribution >= 0.6 is 0 Å². The molecule has 2 aromatic carbocycles. The number of quaternary nitrogens is 1. The van der Waals surface area contributed by atoms with Crippen molar-refractivity contribution in [2.45, 2.75) is 25.9 Å². The molecule has 0 radical (unpaired) electrons. The van der Waals surface area contributed by atoms with E-state index in [0.717, 1.165) is 22.6 Å². The van der Waals surface area contributed by atoms with Gasteiger partial charge >= 0.3 is 6.36 Å². The summed E-state index contributed by atoms with van der Waals surface area (Å²) in [5.74, 6) is 0.792. The van der Waals surface area contributed by atoms with Crippen molar-refractivity contribution < 1.29 is 37.1 Å². The van der Waals surface area contributed by atoms with Crippen molar-refractivity contribution in [2.24, 2.45) is 0 Å². The van der Waals surface area contributed by atoms with E-state index >= 15 is 0 Å². The third kappa shape index (κ3) is 5.07. The highest BCUT2D eigenvalue weighted by molar-refractivity contribution is 5.93. The third-order valence-electron chi connectivity index (χ3n) is 4.41. The van der Waals surface area contributed by atoms with E-state index < -0.39 is 12.4 Å². The second kappa shape index (κ2) is 7.97. The maximum Gasteiger partial charge on any atom is 0.573 e. The lowest BCUT2D eigenvalue weighted by atomic mass is 10.1. The number of hydrogen-bond donors (Lipinski definition) is 2. The van der Waals surface area contributed by atoms with Crippen LogP contribution in [0.15, 0.2) is 42.5 Å². The van der Waals surface area contributed by atoms with Crippen LogP contribution in [0.25, 0.3) is 0 Å². The van der Waals surface area contributed by atoms with E-state index in [1.165, 1.54) is 12.1 Å². The number of fused-ring (bicyclic) bond motifs is 1. The first-order chi connectivity index (χ1) is 13.2. The number of likely N-dealkylation sites (N-methyl/N-ethyl adjacent to an activating group) is 1. The van der Waals surface area contributed by atoms with Gasteiger partial charge in [-0.25, -0.2) is 0 Å². The van der Waals surface area contributed by atoms with Gasteiger partial charge in [-0.15, -0.1) is 13.2 Å². The third-order valence-corrected chi connectivity index (χ3v) is 4.41. The normalized spacial score (nSPS) is 15.0. The Hall–Kier alpha value is -2.94. The molecule has 0 saturated heterocycles. The Bertz CT molecular complexity index is 840. The Kier molecular flexibility index (Phi) is 5.64. The summed E-state index contributed by atoms with van der Waals surface area (Å²) in [7, 11) is 1.88. The first-order valence-electron chi connectivity index (χ1n) is 8.59. The highest BCUT2D eigenvalue weighted by atomic mass is 19.4. The molecule has 2 aromatic rings. The number of carbonyl (C=O) groups excluding carboxylic acids is 1. The molecule has 1 aliphatic heterocycles. The van der Waals surface area contributed by atoms with Crippen molar-refractivity contribution in [3.8, 4) is 17.2 Å². The molecule has 2 atom stereocenters. The molecule has 0 aliphatic carbocycles. The number of anilines is 1. The molecule has 150 valence electrons. The van der Waals surface area contributed by atoms with Crippen LogP contribution in [0.1, 0.15) is 12.5 Å². The van der Waals surface area contributed by atoms with Gasteiger partial charge in [-0.2, -0.15) is 0 Å². The molecule has 0 spiro atoms. The second-order valence-electron chi connectivity index (χ2n) is 6.49. The van der Waals surface area contributed by atoms with E-state index in [9.17, 15) is 18.0 Å². The Morgan fingerprint density at radius 3 is 2.54 bits per heavy atom. The minimum atomic E-state index is -4.75. The lowest BCUT2D eigenvalue weighted by Gasteiger charge is -2.21. The Balaban J connectivity index is 1.56. The number of nitrogens with one attached hydrogen (secondary N) is 2. The maximum atomic E-state index is 12.5. The number of ether oxygens (including phenoxy) is 3. The van der Waals surface area contributed by atoms with Gasteiger partial charge in [-0.3, -0.25) is 4.79 Å². The highest BCUT2D eigenvalue weighted by Gasteiger charge is 2.31. The number of alkyl halides is 3. The first kappa shape index (κ1) is 19.8. The molecule has 9 heteroatoms. The van der Waals surface area contributed by atoms with E-state index in [4.69, 9.17) is 9.47 Å². The molecule has 0 aromatic heterocycles. The highest BCUT2D eigenvalue weighted by Crippen LogP contribution is 2.32. The van der Waals surface area contributed by atoms with Crippen LogP contribution in [-0.2, 0) is 11.3 Å². The summed E-state index contributed by atoms with van der Waals surface area (Å²) in [4.78, 5) is 13.4. The van der Waals surface area contributed by atoms with Crippen LogP contribution in [0, 0.1) is 0 Å². The lowest BCUT2D eigenvalue weighted by Crippen LogP contribution is -3.12. The predicted molar refractivity (Wildman–Crippen MR) is 94.4 cm³/mol. The maximum absolute atomic E-state index is 12.5. The zero-order chi connectivity index (χ0) is 20.3. The second-order valence-corrected chi connectivity index (χ2v) is 6.49. The van der Waals surface area contributed by atoms with Gasteiger partial charge in [0.2, 0.25) is 6.79 Å². The molecule has 28 heavy (non-hydrogen) atoms. The fourth-order valence-electron chi connectivity index (χ4n) is 2.74. The molecule has 0 saturated carbocycles. The minimum Gasteiger partial charge on any atom is -0.454 e. The van der Waals surface area contributed by atoms with Crippen LogP contribution < -0.4 is 24.4 Å². The van der Waals surface area contributed by atoms with E-state index in [2.05, 4.69) is 10.1 Å². The summed E-state index contributed by atoms with van der Waals surface area (Å²) in [6.45, 7) is 2.56. The summed E-state index contributed by atoms with van der Waals surface area (Å²) in [6, 6.07) is 10.3. The molecule has 0 fully saturated rings. The van der Waals surface area contributed by atoms with Crippen LogP contribution in [0.3, 0.4) is 0 Å². The fourth-order valence-corrected chi connectivity index (χ4v) is 2.74. The molecule has 6 nitrogen and oxygen atoms in total. The van der Waals surface area contributed by atoms with E-state index in [1.807, 2.05) is 25.2 Å². The zero-order valence-electron chi connectivity index (χ0n) is 15.3. The summed E-state index contributed by atoms with van der Waals surface area (Å²) in [5, 5.41) is 2.70. The molecular weight excluding hydrogens is 377 g/mol. The Morgan fingerprint density at radius 2 is 1.86 bits per heavy atom. The number of halogens is 3. The van der Waals surface area contributed by atoms with Gasteiger partial charge in [-0.1, -0.05) is 0 Å². The van der Waals surface area contributed by atoms with E-state index in [-0.39, 0.29) is 18.4 Å². The summed E-state index contributed by atoms with van der Waals surface area (Å²) in [5.41, 5.74) is 1.39. The van der Waals surface area contributed by atoms with Gasteiger partial charge in [0, 0.05) is 11.3 Å². The molecule has 1 amide bonds. The molecular formula is C19H20F3N2O4+. The minimum absolute atomic E-state index is 0.201. The Labute approximate surface area is 159 Å². The monoisotopic (exact) mass is 397 g/mol. The average Bonchev–Trinajstić information content (AvgIpc) is 3.09. The number of carbonyl (C=O) groups is 1. The first-order valence-corrected chi connectivity index (χ1v) is 8.59. The number of amides is 1. The molecule has 2 N–H and O–H groups in total. The summed E-state index contributed by atoms with van der Waals surface area (Å²) in [6.07, 6.45) is -4.75. The van der Waals surface area contributed by atoms with Gasteiger partial charge in [0.25, 0.3) is 5.91 Å². The van der Waals surface area contributed by atoms with Crippen molar-refractivity contribution in [1.29, 1.82) is 0 Å². The van der Waals surface area contributed by atoms with Crippen molar-refractivity contribution in [1.82, 2.24) is 0 Å². The molecule has 3 rings (SSSR count). The van der Waals surface area contributed by atoms with Crippen LogP contribution in [0.2, 0.25) is 0 Å². The molecule has 1 heterocycles. The van der Waals surface area contributed by atoms with Gasteiger partial charge in [0.05, 0.1) is 7.05 Å². The summed E-state index contributed by atoms with van der Waals surface area (Å²) < 4.78 is 51.0. The predicted octanol–water partition coefficient (Wildman–Crippen LogP) is 2.36. The lowest BCUT2D eigenvalue weighted by molar-refractivity contribution is -0.907. The number of rotatable bonds is 6. The quantitative estimate of drug-likeness (QED) is 0.786. The van der Waals surface area contributed by atoms with Crippen molar-refractivity contribution in [2.75, 3.05) is 19.2 Å². The fraction of sp³-hybridized carbons (Fsp3) is 0.316. The van der Waals surface area contributed by atoms with Crippen molar-refractivity contribution in [3.05, 3.63) is 48.0 Å². The standard InChI is InChI=1S/C19H19F3N2O4/c1-12(24(2)10-13-3-8-16-17(9-13)27-11-26-16)18(25)23-14-4-6-15(7-5-14)28-19(20,21)22/h3-9,12H,10-11H2,1-2H3,(H,23,25)/p+1/t12-/m0/s1. The zero-order valence-corrected chi connectivity index (χ0v) is 15.3. The number of hydrogen-bond acceptors (Lipinski definition) is 4. The topological polar surface area (TPSA) is 61.2 Å².